The molecule has 2 rings (SSSR count). The molecule has 104 valence electrons. The molecule has 19 heavy (non-hydrogen) atoms. The lowest BCUT2D eigenvalue weighted by molar-refractivity contribution is 0.138. The van der Waals surface area contributed by atoms with E-state index in [9.17, 15) is 0 Å². The Hall–Kier alpha value is -1.44. The largest absolute Gasteiger partial charge is 0.296 e. The molecule has 1 aromatic heterocycles. The third-order valence-electron chi connectivity index (χ3n) is 3.14. The molecule has 0 aromatic carbocycles. The van der Waals surface area contributed by atoms with Crippen LogP contribution in [0.15, 0.2) is 18.3 Å². The SMILES string of the molecule is CC.Cc1ccc(CN2CCN(CC#N)CC2)cn1. The van der Waals surface area contributed by atoms with Gasteiger partial charge in [-0.1, -0.05) is 19.9 Å². The van der Waals surface area contributed by atoms with Crippen molar-refractivity contribution < 1.29 is 0 Å². The average Bonchev–Trinajstić information content (AvgIpc) is 2.46. The fourth-order valence-electron chi connectivity index (χ4n) is 2.06. The fourth-order valence-corrected chi connectivity index (χ4v) is 2.06. The van der Waals surface area contributed by atoms with E-state index in [1.54, 1.807) is 0 Å². The number of aryl methyl sites for hydroxylation is 1. The Labute approximate surface area is 116 Å². The van der Waals surface area contributed by atoms with Gasteiger partial charge < -0.3 is 0 Å². The van der Waals surface area contributed by atoms with Gasteiger partial charge in [-0.3, -0.25) is 14.8 Å². The smallest absolute Gasteiger partial charge is 0.0866 e. The molecule has 4 heteroatoms. The Morgan fingerprint density at radius 2 is 1.79 bits per heavy atom. The lowest BCUT2D eigenvalue weighted by Gasteiger charge is -2.33. The Bertz CT molecular complexity index is 386. The Morgan fingerprint density at radius 1 is 1.16 bits per heavy atom. The molecule has 1 aromatic rings. The number of rotatable bonds is 3. The molecule has 2 heterocycles. The van der Waals surface area contributed by atoms with Crippen LogP contribution in [-0.4, -0.2) is 47.5 Å². The number of nitriles is 1. The molecule has 0 amide bonds. The third-order valence-corrected chi connectivity index (χ3v) is 3.14. The maximum absolute atomic E-state index is 8.63. The monoisotopic (exact) mass is 260 g/mol. The second-order valence-electron chi connectivity index (χ2n) is 4.52. The van der Waals surface area contributed by atoms with E-state index in [2.05, 4.69) is 33.0 Å². The van der Waals surface area contributed by atoms with Crippen LogP contribution < -0.4 is 0 Å². The van der Waals surface area contributed by atoms with Crippen LogP contribution in [0, 0.1) is 18.3 Å². The summed E-state index contributed by atoms with van der Waals surface area (Å²) in [5.74, 6) is 0. The number of aromatic nitrogens is 1. The first kappa shape index (κ1) is 15.6. The minimum absolute atomic E-state index is 0.555. The van der Waals surface area contributed by atoms with Gasteiger partial charge in [0.05, 0.1) is 12.6 Å². The highest BCUT2D eigenvalue weighted by Crippen LogP contribution is 2.07. The van der Waals surface area contributed by atoms with Crippen LogP contribution in [0.3, 0.4) is 0 Å². The van der Waals surface area contributed by atoms with Gasteiger partial charge in [-0.05, 0) is 18.6 Å². The van der Waals surface area contributed by atoms with E-state index in [0.29, 0.717) is 6.54 Å². The molecule has 1 fully saturated rings. The predicted octanol–water partition coefficient (Wildman–Crippen LogP) is 2.06. The first-order chi connectivity index (χ1) is 9.28. The molecule has 0 N–H and O–H groups in total. The summed E-state index contributed by atoms with van der Waals surface area (Å²) >= 11 is 0. The highest BCUT2D eigenvalue weighted by Gasteiger charge is 2.16. The first-order valence-corrected chi connectivity index (χ1v) is 7.01. The molecular weight excluding hydrogens is 236 g/mol. The van der Waals surface area contributed by atoms with E-state index in [1.165, 1.54) is 5.56 Å². The van der Waals surface area contributed by atoms with Crippen LogP contribution in [0.4, 0.5) is 0 Å². The van der Waals surface area contributed by atoms with Gasteiger partial charge in [0.15, 0.2) is 0 Å². The highest BCUT2D eigenvalue weighted by molar-refractivity contribution is 5.13. The summed E-state index contributed by atoms with van der Waals surface area (Å²) in [4.78, 5) is 8.92. The van der Waals surface area contributed by atoms with Crippen molar-refractivity contribution in [2.24, 2.45) is 0 Å². The standard InChI is InChI=1S/C13H18N4.C2H6/c1-12-2-3-13(10-15-12)11-17-8-6-16(5-4-14)7-9-17;1-2/h2-3,10H,5-9,11H2,1H3;1-2H3. The molecule has 1 saturated heterocycles. The van der Waals surface area contributed by atoms with Gasteiger partial charge in [-0.2, -0.15) is 5.26 Å². The molecule has 0 radical (unpaired) electrons. The van der Waals surface area contributed by atoms with E-state index in [-0.39, 0.29) is 0 Å². The van der Waals surface area contributed by atoms with E-state index in [4.69, 9.17) is 5.26 Å². The number of nitrogens with zero attached hydrogens (tertiary/aromatic N) is 4. The van der Waals surface area contributed by atoms with Gasteiger partial charge in [0, 0.05) is 44.6 Å². The van der Waals surface area contributed by atoms with Gasteiger partial charge in [0.1, 0.15) is 0 Å². The van der Waals surface area contributed by atoms with Crippen LogP contribution in [0.1, 0.15) is 25.1 Å². The third kappa shape index (κ3) is 5.37. The van der Waals surface area contributed by atoms with Crippen molar-refractivity contribution in [2.45, 2.75) is 27.3 Å². The van der Waals surface area contributed by atoms with Crippen molar-refractivity contribution in [1.29, 1.82) is 5.26 Å². The molecule has 0 unspecified atom stereocenters. The highest BCUT2D eigenvalue weighted by atomic mass is 15.3. The maximum Gasteiger partial charge on any atom is 0.0866 e. The van der Waals surface area contributed by atoms with Crippen LogP contribution in [-0.2, 0) is 6.54 Å². The van der Waals surface area contributed by atoms with E-state index >= 15 is 0 Å². The number of hydrogen-bond acceptors (Lipinski definition) is 4. The quantitative estimate of drug-likeness (QED) is 0.780. The summed E-state index contributed by atoms with van der Waals surface area (Å²) in [7, 11) is 0. The van der Waals surface area contributed by atoms with Crippen molar-refractivity contribution >= 4 is 0 Å². The fraction of sp³-hybridized carbons (Fsp3) is 0.600. The van der Waals surface area contributed by atoms with Crippen LogP contribution in [0.2, 0.25) is 0 Å². The molecule has 0 bridgehead atoms. The van der Waals surface area contributed by atoms with Crippen LogP contribution >= 0.6 is 0 Å². The second kappa shape index (κ2) is 8.63. The summed E-state index contributed by atoms with van der Waals surface area (Å²) in [5.41, 5.74) is 2.33. The van der Waals surface area contributed by atoms with Gasteiger partial charge in [0.2, 0.25) is 0 Å². The number of piperazine rings is 1. The van der Waals surface area contributed by atoms with Crippen molar-refractivity contribution in [2.75, 3.05) is 32.7 Å². The normalized spacial score (nSPS) is 16.3. The van der Waals surface area contributed by atoms with Gasteiger partial charge in [0.25, 0.3) is 0 Å². The predicted molar refractivity (Wildman–Crippen MR) is 77.7 cm³/mol. The summed E-state index contributed by atoms with van der Waals surface area (Å²) in [6.45, 7) is 11.6. The Balaban J connectivity index is 0.000000861. The Kier molecular flexibility index (Phi) is 7.09. The molecule has 0 saturated carbocycles. The zero-order valence-electron chi connectivity index (χ0n) is 12.3. The Morgan fingerprint density at radius 3 is 2.32 bits per heavy atom. The molecular formula is C15H24N4. The molecule has 0 aliphatic carbocycles. The zero-order valence-corrected chi connectivity index (χ0v) is 12.3. The number of pyridine rings is 1. The number of hydrogen-bond donors (Lipinski definition) is 0. The zero-order chi connectivity index (χ0) is 14.1. The minimum Gasteiger partial charge on any atom is -0.296 e. The summed E-state index contributed by atoms with van der Waals surface area (Å²) in [6.07, 6.45) is 1.96. The summed E-state index contributed by atoms with van der Waals surface area (Å²) < 4.78 is 0. The van der Waals surface area contributed by atoms with Gasteiger partial charge in [-0.15, -0.1) is 0 Å². The topological polar surface area (TPSA) is 43.2 Å². The molecule has 1 aliphatic rings. The lowest BCUT2D eigenvalue weighted by Crippen LogP contribution is -2.45. The molecule has 0 atom stereocenters. The van der Waals surface area contributed by atoms with E-state index in [0.717, 1.165) is 38.4 Å². The maximum atomic E-state index is 8.63. The summed E-state index contributed by atoms with van der Waals surface area (Å²) in [5, 5.41) is 8.63. The van der Waals surface area contributed by atoms with Gasteiger partial charge >= 0.3 is 0 Å². The minimum atomic E-state index is 0.555. The van der Waals surface area contributed by atoms with Crippen molar-refractivity contribution in [3.8, 4) is 6.07 Å². The lowest BCUT2D eigenvalue weighted by atomic mass is 10.2. The molecule has 0 spiro atoms. The first-order valence-electron chi connectivity index (χ1n) is 7.01. The van der Waals surface area contributed by atoms with E-state index in [1.807, 2.05) is 27.0 Å². The summed E-state index contributed by atoms with van der Waals surface area (Å²) in [6, 6.07) is 6.41. The second-order valence-corrected chi connectivity index (χ2v) is 4.52. The molecule has 1 aliphatic heterocycles. The van der Waals surface area contributed by atoms with Crippen molar-refractivity contribution in [3.63, 3.8) is 0 Å². The van der Waals surface area contributed by atoms with Crippen LogP contribution in [0.5, 0.6) is 0 Å². The molecule has 4 nitrogen and oxygen atoms in total. The van der Waals surface area contributed by atoms with Crippen LogP contribution in [0.25, 0.3) is 0 Å². The van der Waals surface area contributed by atoms with Gasteiger partial charge in [-0.25, -0.2) is 0 Å². The average molecular weight is 260 g/mol. The van der Waals surface area contributed by atoms with E-state index < -0.39 is 0 Å². The van der Waals surface area contributed by atoms with Crippen molar-refractivity contribution in [3.05, 3.63) is 29.6 Å². The van der Waals surface area contributed by atoms with Crippen molar-refractivity contribution in [1.82, 2.24) is 14.8 Å².